The van der Waals surface area contributed by atoms with Crippen LogP contribution < -0.4 is 5.32 Å². The summed E-state index contributed by atoms with van der Waals surface area (Å²) in [4.78, 5) is 9.96. The third-order valence-electron chi connectivity index (χ3n) is 3.08. The van der Waals surface area contributed by atoms with Crippen molar-refractivity contribution in [3.63, 3.8) is 0 Å². The Kier molecular flexibility index (Phi) is 3.13. The summed E-state index contributed by atoms with van der Waals surface area (Å²) in [6.45, 7) is -0.217. The number of nitrogens with zero attached hydrogens (tertiary/aromatic N) is 1. The Labute approximate surface area is 106 Å². The zero-order valence-electron chi connectivity index (χ0n) is 9.70. The highest BCUT2D eigenvalue weighted by Gasteiger charge is 2.43. The Bertz CT molecular complexity index is 512. The van der Waals surface area contributed by atoms with Gasteiger partial charge >= 0.3 is 6.18 Å². The van der Waals surface area contributed by atoms with Crippen molar-refractivity contribution < 1.29 is 23.2 Å². The van der Waals surface area contributed by atoms with Crippen LogP contribution in [0.1, 0.15) is 18.4 Å². The van der Waals surface area contributed by atoms with Crippen molar-refractivity contribution in [3.05, 3.63) is 33.9 Å². The third-order valence-corrected chi connectivity index (χ3v) is 3.08. The van der Waals surface area contributed by atoms with Crippen LogP contribution in [-0.2, 0) is 6.18 Å². The van der Waals surface area contributed by atoms with Crippen molar-refractivity contribution >= 4 is 11.4 Å². The Morgan fingerprint density at radius 2 is 2.05 bits per heavy atom. The smallest absolute Gasteiger partial charge is 0.394 e. The lowest BCUT2D eigenvalue weighted by Crippen LogP contribution is -2.26. The van der Waals surface area contributed by atoms with Crippen LogP contribution in [0.15, 0.2) is 18.2 Å². The SMILES string of the molecule is O=[N+]([O-])c1cc(C(F)(F)F)ccc1NC1(CO)CC1. The first-order valence-electron chi connectivity index (χ1n) is 5.52. The topological polar surface area (TPSA) is 75.4 Å². The van der Waals surface area contributed by atoms with Crippen molar-refractivity contribution in [2.24, 2.45) is 0 Å². The van der Waals surface area contributed by atoms with Gasteiger partial charge in [-0.2, -0.15) is 13.2 Å². The highest BCUT2D eigenvalue weighted by atomic mass is 19.4. The van der Waals surface area contributed by atoms with E-state index in [9.17, 15) is 23.3 Å². The van der Waals surface area contributed by atoms with Gasteiger partial charge in [0.1, 0.15) is 5.69 Å². The second-order valence-corrected chi connectivity index (χ2v) is 4.55. The van der Waals surface area contributed by atoms with Gasteiger partial charge in [-0.05, 0) is 25.0 Å². The van der Waals surface area contributed by atoms with Crippen LogP contribution in [-0.4, -0.2) is 22.2 Å². The summed E-state index contributed by atoms with van der Waals surface area (Å²) in [6.07, 6.45) is -3.37. The molecule has 19 heavy (non-hydrogen) atoms. The molecular weight excluding hydrogens is 265 g/mol. The van der Waals surface area contributed by atoms with Gasteiger partial charge in [-0.15, -0.1) is 0 Å². The number of halogens is 3. The van der Waals surface area contributed by atoms with Crippen LogP contribution in [0.3, 0.4) is 0 Å². The molecule has 0 aliphatic heterocycles. The lowest BCUT2D eigenvalue weighted by Gasteiger charge is -2.16. The van der Waals surface area contributed by atoms with Gasteiger partial charge in [0.15, 0.2) is 0 Å². The minimum Gasteiger partial charge on any atom is -0.394 e. The summed E-state index contributed by atoms with van der Waals surface area (Å²) >= 11 is 0. The average molecular weight is 276 g/mol. The van der Waals surface area contributed by atoms with Gasteiger partial charge in [0.2, 0.25) is 0 Å². The van der Waals surface area contributed by atoms with Crippen molar-refractivity contribution in [1.82, 2.24) is 0 Å². The molecule has 1 fully saturated rings. The number of hydrogen-bond acceptors (Lipinski definition) is 4. The molecule has 8 heteroatoms. The first-order valence-corrected chi connectivity index (χ1v) is 5.52. The highest BCUT2D eigenvalue weighted by molar-refractivity contribution is 5.64. The predicted octanol–water partition coefficient (Wildman–Crippen LogP) is 2.55. The fourth-order valence-electron chi connectivity index (χ4n) is 1.72. The maximum Gasteiger partial charge on any atom is 0.416 e. The molecule has 0 heterocycles. The third kappa shape index (κ3) is 2.78. The lowest BCUT2D eigenvalue weighted by atomic mass is 10.1. The molecular formula is C11H11F3N2O3. The summed E-state index contributed by atoms with van der Waals surface area (Å²) in [6, 6.07) is 2.30. The van der Waals surface area contributed by atoms with E-state index in [0.29, 0.717) is 18.9 Å². The quantitative estimate of drug-likeness (QED) is 0.654. The maximum atomic E-state index is 12.5. The number of rotatable bonds is 4. The summed E-state index contributed by atoms with van der Waals surface area (Å²) in [7, 11) is 0. The normalized spacial score (nSPS) is 17.1. The van der Waals surface area contributed by atoms with Crippen molar-refractivity contribution in [2.45, 2.75) is 24.6 Å². The van der Waals surface area contributed by atoms with E-state index < -0.39 is 27.9 Å². The van der Waals surface area contributed by atoms with Gasteiger partial charge in [0.05, 0.1) is 22.6 Å². The second kappa shape index (κ2) is 4.37. The maximum absolute atomic E-state index is 12.5. The van der Waals surface area contributed by atoms with E-state index in [2.05, 4.69) is 5.32 Å². The molecule has 1 aromatic rings. The first kappa shape index (κ1) is 13.6. The fourth-order valence-corrected chi connectivity index (χ4v) is 1.72. The molecule has 0 saturated heterocycles. The number of nitrogens with one attached hydrogen (secondary N) is 1. The van der Waals surface area contributed by atoms with Crippen molar-refractivity contribution in [2.75, 3.05) is 11.9 Å². The molecule has 5 nitrogen and oxygen atoms in total. The highest BCUT2D eigenvalue weighted by Crippen LogP contribution is 2.42. The van der Waals surface area contributed by atoms with Gasteiger partial charge in [0.25, 0.3) is 5.69 Å². The zero-order valence-corrected chi connectivity index (χ0v) is 9.70. The molecule has 1 aliphatic rings. The number of anilines is 1. The largest absolute Gasteiger partial charge is 0.416 e. The fraction of sp³-hybridized carbons (Fsp3) is 0.455. The molecule has 1 saturated carbocycles. The van der Waals surface area contributed by atoms with E-state index in [4.69, 9.17) is 5.11 Å². The van der Waals surface area contributed by atoms with E-state index >= 15 is 0 Å². The number of nitro groups is 1. The minimum atomic E-state index is -4.63. The number of nitro benzene ring substituents is 1. The van der Waals surface area contributed by atoms with Crippen LogP contribution in [0.5, 0.6) is 0 Å². The molecule has 0 atom stereocenters. The molecule has 0 amide bonds. The minimum absolute atomic E-state index is 0.00968. The van der Waals surface area contributed by atoms with E-state index in [1.165, 1.54) is 0 Å². The molecule has 2 N–H and O–H groups in total. The lowest BCUT2D eigenvalue weighted by molar-refractivity contribution is -0.384. The Hall–Kier alpha value is -1.83. The van der Waals surface area contributed by atoms with E-state index in [-0.39, 0.29) is 12.3 Å². The van der Waals surface area contributed by atoms with Crippen LogP contribution in [0, 0.1) is 10.1 Å². The molecule has 0 radical (unpaired) electrons. The Morgan fingerprint density at radius 3 is 2.47 bits per heavy atom. The average Bonchev–Trinajstić information content (AvgIpc) is 3.08. The number of aliphatic hydroxyl groups excluding tert-OH is 1. The van der Waals surface area contributed by atoms with Gasteiger partial charge in [-0.25, -0.2) is 0 Å². The van der Waals surface area contributed by atoms with E-state index in [0.717, 1.165) is 12.1 Å². The van der Waals surface area contributed by atoms with Crippen molar-refractivity contribution in [3.8, 4) is 0 Å². The predicted molar refractivity (Wildman–Crippen MR) is 60.8 cm³/mol. The molecule has 104 valence electrons. The van der Waals surface area contributed by atoms with Crippen LogP contribution >= 0.6 is 0 Å². The first-order chi connectivity index (χ1) is 8.77. The molecule has 0 spiro atoms. The molecule has 2 rings (SSSR count). The van der Waals surface area contributed by atoms with Gasteiger partial charge < -0.3 is 10.4 Å². The van der Waals surface area contributed by atoms with Crippen LogP contribution in [0.2, 0.25) is 0 Å². The Morgan fingerprint density at radius 1 is 1.42 bits per heavy atom. The summed E-state index contributed by atoms with van der Waals surface area (Å²) in [5.74, 6) is 0. The molecule has 0 bridgehead atoms. The number of benzene rings is 1. The number of alkyl halides is 3. The van der Waals surface area contributed by atoms with E-state index in [1.54, 1.807) is 0 Å². The van der Waals surface area contributed by atoms with Gasteiger partial charge in [-0.3, -0.25) is 10.1 Å². The van der Waals surface area contributed by atoms with Gasteiger partial charge in [0, 0.05) is 6.07 Å². The molecule has 0 aromatic heterocycles. The number of hydrogen-bond donors (Lipinski definition) is 2. The molecule has 0 unspecified atom stereocenters. The summed E-state index contributed by atoms with van der Waals surface area (Å²) < 4.78 is 37.5. The van der Waals surface area contributed by atoms with Gasteiger partial charge in [-0.1, -0.05) is 0 Å². The van der Waals surface area contributed by atoms with Crippen molar-refractivity contribution in [1.29, 1.82) is 0 Å². The van der Waals surface area contributed by atoms with Crippen LogP contribution in [0.4, 0.5) is 24.5 Å². The molecule has 1 aromatic carbocycles. The standard InChI is InChI=1S/C11H11F3N2O3/c12-11(13,14)7-1-2-8(9(5-7)16(18)19)15-10(6-17)3-4-10/h1-2,5,15,17H,3-4,6H2. The summed E-state index contributed by atoms with van der Waals surface area (Å²) in [5.41, 5.74) is -2.36. The number of aliphatic hydroxyl groups is 1. The van der Waals surface area contributed by atoms with Crippen LogP contribution in [0.25, 0.3) is 0 Å². The van der Waals surface area contributed by atoms with E-state index in [1.807, 2.05) is 0 Å². The summed E-state index contributed by atoms with van der Waals surface area (Å²) in [5, 5.41) is 22.7. The molecule has 1 aliphatic carbocycles. The Balaban J connectivity index is 2.36. The monoisotopic (exact) mass is 276 g/mol. The zero-order chi connectivity index (χ0) is 14.3. The second-order valence-electron chi connectivity index (χ2n) is 4.55.